The zero-order valence-corrected chi connectivity index (χ0v) is 8.73. The van der Waals surface area contributed by atoms with Crippen LogP contribution in [0.5, 0.6) is 5.75 Å². The van der Waals surface area contributed by atoms with Crippen LogP contribution in [-0.2, 0) is 0 Å². The highest BCUT2D eigenvalue weighted by Crippen LogP contribution is 2.27. The monoisotopic (exact) mass is 259 g/mol. The molecule has 0 aromatic heterocycles. The van der Waals surface area contributed by atoms with E-state index in [2.05, 4.69) is 21.2 Å². The molecule has 1 aliphatic heterocycles. The SMILES string of the molecule is O=C1NCCOc2cc(Br)cc(F)c21. The maximum Gasteiger partial charge on any atom is 0.258 e. The average Bonchev–Trinajstić information content (AvgIpc) is 2.27. The molecule has 0 radical (unpaired) electrons. The Labute approximate surface area is 88.4 Å². The summed E-state index contributed by atoms with van der Waals surface area (Å²) >= 11 is 3.13. The van der Waals surface area contributed by atoms with Crippen LogP contribution < -0.4 is 10.1 Å². The van der Waals surface area contributed by atoms with Gasteiger partial charge in [0, 0.05) is 4.47 Å². The summed E-state index contributed by atoms with van der Waals surface area (Å²) in [7, 11) is 0. The number of halogens is 2. The molecule has 1 aliphatic rings. The Morgan fingerprint density at radius 1 is 1.50 bits per heavy atom. The molecule has 74 valence electrons. The molecule has 3 nitrogen and oxygen atoms in total. The van der Waals surface area contributed by atoms with Gasteiger partial charge in [0.25, 0.3) is 5.91 Å². The number of benzene rings is 1. The molecule has 0 saturated heterocycles. The summed E-state index contributed by atoms with van der Waals surface area (Å²) in [4.78, 5) is 11.4. The Morgan fingerprint density at radius 2 is 2.29 bits per heavy atom. The fraction of sp³-hybridized carbons (Fsp3) is 0.222. The molecule has 0 spiro atoms. The molecule has 0 atom stereocenters. The third kappa shape index (κ3) is 1.59. The Kier molecular flexibility index (Phi) is 2.41. The van der Waals surface area contributed by atoms with Crippen molar-refractivity contribution in [3.8, 4) is 5.75 Å². The molecule has 1 heterocycles. The highest BCUT2D eigenvalue weighted by Gasteiger charge is 2.21. The van der Waals surface area contributed by atoms with Crippen molar-refractivity contribution in [2.45, 2.75) is 0 Å². The summed E-state index contributed by atoms with van der Waals surface area (Å²) in [5.41, 5.74) is -0.0225. The summed E-state index contributed by atoms with van der Waals surface area (Å²) in [6, 6.07) is 2.83. The fourth-order valence-corrected chi connectivity index (χ4v) is 1.71. The summed E-state index contributed by atoms with van der Waals surface area (Å²) < 4.78 is 19.2. The Morgan fingerprint density at radius 3 is 3.07 bits per heavy atom. The molecule has 0 fully saturated rings. The summed E-state index contributed by atoms with van der Waals surface area (Å²) in [5.74, 6) is -0.719. The third-order valence-electron chi connectivity index (χ3n) is 1.89. The Bertz CT molecular complexity index is 395. The number of carbonyl (C=O) groups excluding carboxylic acids is 1. The van der Waals surface area contributed by atoms with Gasteiger partial charge < -0.3 is 10.1 Å². The zero-order valence-electron chi connectivity index (χ0n) is 7.14. The predicted molar refractivity (Wildman–Crippen MR) is 51.9 cm³/mol. The molecule has 1 aromatic rings. The normalized spacial score (nSPS) is 15.1. The van der Waals surface area contributed by atoms with Crippen molar-refractivity contribution in [1.82, 2.24) is 5.32 Å². The maximum atomic E-state index is 13.4. The molecule has 0 bridgehead atoms. The third-order valence-corrected chi connectivity index (χ3v) is 2.35. The van der Waals surface area contributed by atoms with Gasteiger partial charge in [-0.05, 0) is 12.1 Å². The Balaban J connectivity index is 2.58. The first kappa shape index (κ1) is 9.45. The van der Waals surface area contributed by atoms with Gasteiger partial charge in [-0.3, -0.25) is 4.79 Å². The number of ether oxygens (including phenoxy) is 1. The number of hydrogen-bond acceptors (Lipinski definition) is 2. The predicted octanol–water partition coefficient (Wildman–Crippen LogP) is 1.71. The summed E-state index contributed by atoms with van der Waals surface area (Å²) in [5, 5.41) is 2.54. The molecule has 1 amide bonds. The van der Waals surface area contributed by atoms with Crippen LogP contribution in [0.25, 0.3) is 0 Å². The van der Waals surface area contributed by atoms with Gasteiger partial charge in [0.2, 0.25) is 0 Å². The van der Waals surface area contributed by atoms with E-state index in [-0.39, 0.29) is 11.3 Å². The highest BCUT2D eigenvalue weighted by molar-refractivity contribution is 9.10. The molecular weight excluding hydrogens is 253 g/mol. The molecular formula is C9H7BrFNO2. The highest BCUT2D eigenvalue weighted by atomic mass is 79.9. The van der Waals surface area contributed by atoms with Crippen molar-refractivity contribution in [2.24, 2.45) is 0 Å². The molecule has 1 N–H and O–H groups in total. The van der Waals surface area contributed by atoms with Crippen LogP contribution in [-0.4, -0.2) is 19.1 Å². The number of fused-ring (bicyclic) bond motifs is 1. The van der Waals surface area contributed by atoms with Crippen LogP contribution in [0.15, 0.2) is 16.6 Å². The van der Waals surface area contributed by atoms with Gasteiger partial charge in [-0.2, -0.15) is 0 Å². The first-order valence-electron chi connectivity index (χ1n) is 4.08. The van der Waals surface area contributed by atoms with E-state index in [0.29, 0.717) is 17.6 Å². The van der Waals surface area contributed by atoms with Crippen molar-refractivity contribution in [3.63, 3.8) is 0 Å². The fourth-order valence-electron chi connectivity index (χ4n) is 1.30. The molecule has 0 saturated carbocycles. The van der Waals surface area contributed by atoms with Crippen molar-refractivity contribution in [1.29, 1.82) is 0 Å². The van der Waals surface area contributed by atoms with E-state index in [1.807, 2.05) is 0 Å². The van der Waals surface area contributed by atoms with E-state index in [1.165, 1.54) is 6.07 Å². The molecule has 1 aromatic carbocycles. The van der Waals surface area contributed by atoms with Crippen LogP contribution in [0.1, 0.15) is 10.4 Å². The second-order valence-corrected chi connectivity index (χ2v) is 3.78. The average molecular weight is 260 g/mol. The van der Waals surface area contributed by atoms with Gasteiger partial charge >= 0.3 is 0 Å². The van der Waals surface area contributed by atoms with Gasteiger partial charge in [-0.25, -0.2) is 4.39 Å². The van der Waals surface area contributed by atoms with Crippen molar-refractivity contribution in [3.05, 3.63) is 28.0 Å². The molecule has 0 unspecified atom stereocenters. The van der Waals surface area contributed by atoms with Gasteiger partial charge in [-0.1, -0.05) is 15.9 Å². The molecule has 0 aliphatic carbocycles. The van der Waals surface area contributed by atoms with E-state index < -0.39 is 11.7 Å². The summed E-state index contributed by atoms with van der Waals surface area (Å²) in [6.45, 7) is 0.749. The van der Waals surface area contributed by atoms with E-state index in [9.17, 15) is 9.18 Å². The van der Waals surface area contributed by atoms with E-state index in [4.69, 9.17) is 4.74 Å². The quantitative estimate of drug-likeness (QED) is 0.771. The van der Waals surface area contributed by atoms with Crippen LogP contribution in [0.3, 0.4) is 0 Å². The molecule has 2 rings (SSSR count). The standard InChI is InChI=1S/C9H7BrFNO2/c10-5-3-6(11)8-7(4-5)14-2-1-12-9(8)13/h3-4H,1-2H2,(H,12,13). The van der Waals surface area contributed by atoms with Crippen molar-refractivity contribution in [2.75, 3.05) is 13.2 Å². The van der Waals surface area contributed by atoms with Gasteiger partial charge in [0.15, 0.2) is 0 Å². The minimum absolute atomic E-state index is 0.0225. The smallest absolute Gasteiger partial charge is 0.258 e. The Hall–Kier alpha value is -1.10. The number of hydrogen-bond donors (Lipinski definition) is 1. The van der Waals surface area contributed by atoms with Crippen LogP contribution in [0.2, 0.25) is 0 Å². The number of carbonyl (C=O) groups is 1. The maximum absolute atomic E-state index is 13.4. The van der Waals surface area contributed by atoms with Gasteiger partial charge in [-0.15, -0.1) is 0 Å². The number of nitrogens with one attached hydrogen (secondary N) is 1. The lowest BCUT2D eigenvalue weighted by atomic mass is 10.2. The second-order valence-electron chi connectivity index (χ2n) is 2.87. The zero-order chi connectivity index (χ0) is 10.1. The number of amides is 1. The van der Waals surface area contributed by atoms with E-state index in [0.717, 1.165) is 0 Å². The van der Waals surface area contributed by atoms with E-state index in [1.54, 1.807) is 6.07 Å². The van der Waals surface area contributed by atoms with Gasteiger partial charge in [0.05, 0.1) is 6.54 Å². The lowest BCUT2D eigenvalue weighted by molar-refractivity contribution is 0.0953. The number of rotatable bonds is 0. The minimum Gasteiger partial charge on any atom is -0.491 e. The summed E-state index contributed by atoms with van der Waals surface area (Å²) in [6.07, 6.45) is 0. The minimum atomic E-state index is -0.575. The lowest BCUT2D eigenvalue weighted by Crippen LogP contribution is -2.25. The lowest BCUT2D eigenvalue weighted by Gasteiger charge is -2.06. The van der Waals surface area contributed by atoms with Gasteiger partial charge in [0.1, 0.15) is 23.7 Å². The first-order chi connectivity index (χ1) is 6.68. The first-order valence-corrected chi connectivity index (χ1v) is 4.88. The van der Waals surface area contributed by atoms with Crippen molar-refractivity contribution < 1.29 is 13.9 Å². The van der Waals surface area contributed by atoms with E-state index >= 15 is 0 Å². The van der Waals surface area contributed by atoms with Crippen LogP contribution >= 0.6 is 15.9 Å². The molecule has 5 heteroatoms. The topological polar surface area (TPSA) is 38.3 Å². The second kappa shape index (κ2) is 3.57. The van der Waals surface area contributed by atoms with Crippen molar-refractivity contribution >= 4 is 21.8 Å². The largest absolute Gasteiger partial charge is 0.491 e. The van der Waals surface area contributed by atoms with Crippen LogP contribution in [0.4, 0.5) is 4.39 Å². The molecule has 14 heavy (non-hydrogen) atoms. The van der Waals surface area contributed by atoms with Crippen LogP contribution in [0, 0.1) is 5.82 Å².